The average molecular weight is 274 g/mol. The summed E-state index contributed by atoms with van der Waals surface area (Å²) in [7, 11) is 0. The molecular weight excluding hydrogens is 248 g/mol. The summed E-state index contributed by atoms with van der Waals surface area (Å²) in [5.41, 5.74) is -0.183. The van der Waals surface area contributed by atoms with Crippen molar-refractivity contribution >= 4 is 5.97 Å². The molecule has 4 aliphatic rings. The molecule has 110 valence electrons. The molecule has 2 nitrogen and oxygen atoms in total. The van der Waals surface area contributed by atoms with Crippen LogP contribution in [0.2, 0.25) is 0 Å². The second kappa shape index (κ2) is 4.35. The van der Waals surface area contributed by atoms with Gasteiger partial charge in [0.05, 0.1) is 12.0 Å². The highest BCUT2D eigenvalue weighted by Gasteiger charge is 2.66. The van der Waals surface area contributed by atoms with Gasteiger partial charge < -0.3 is 4.74 Å². The fraction of sp³-hybridized carbons (Fsp3) is 0.833. The molecule has 0 N–H and O–H groups in total. The van der Waals surface area contributed by atoms with Crippen LogP contribution in [0.4, 0.5) is 0 Å². The van der Waals surface area contributed by atoms with Crippen molar-refractivity contribution in [2.45, 2.75) is 46.0 Å². The van der Waals surface area contributed by atoms with Crippen molar-refractivity contribution in [1.82, 2.24) is 0 Å². The maximum Gasteiger partial charge on any atom is 0.312 e. The minimum Gasteiger partial charge on any atom is -0.465 e. The van der Waals surface area contributed by atoms with Gasteiger partial charge >= 0.3 is 5.97 Å². The predicted octanol–water partition coefficient (Wildman–Crippen LogP) is 3.81. The van der Waals surface area contributed by atoms with Gasteiger partial charge in [-0.3, -0.25) is 4.79 Å². The number of allylic oxidation sites excluding steroid dienone is 2. The van der Waals surface area contributed by atoms with Crippen LogP contribution in [-0.2, 0) is 9.53 Å². The lowest BCUT2D eigenvalue weighted by Gasteiger charge is -2.41. The summed E-state index contributed by atoms with van der Waals surface area (Å²) in [6.45, 7) is 4.94. The van der Waals surface area contributed by atoms with E-state index in [-0.39, 0.29) is 11.4 Å². The minimum atomic E-state index is -0.183. The van der Waals surface area contributed by atoms with Gasteiger partial charge in [0.1, 0.15) is 0 Å². The van der Waals surface area contributed by atoms with Gasteiger partial charge in [-0.2, -0.15) is 0 Å². The molecule has 0 heterocycles. The van der Waals surface area contributed by atoms with Gasteiger partial charge in [0.2, 0.25) is 0 Å². The van der Waals surface area contributed by atoms with E-state index >= 15 is 0 Å². The van der Waals surface area contributed by atoms with Gasteiger partial charge in [0.15, 0.2) is 0 Å². The fourth-order valence-electron chi connectivity index (χ4n) is 6.08. The van der Waals surface area contributed by atoms with E-state index in [1.807, 2.05) is 0 Å². The van der Waals surface area contributed by atoms with E-state index in [0.717, 1.165) is 48.9 Å². The predicted molar refractivity (Wildman–Crippen MR) is 77.9 cm³/mol. The van der Waals surface area contributed by atoms with E-state index in [4.69, 9.17) is 4.74 Å². The van der Waals surface area contributed by atoms with Gasteiger partial charge in [-0.25, -0.2) is 0 Å². The number of ether oxygens (including phenoxy) is 1. The molecule has 0 spiro atoms. The summed E-state index contributed by atoms with van der Waals surface area (Å²) in [4.78, 5) is 12.6. The van der Waals surface area contributed by atoms with Gasteiger partial charge in [0.25, 0.3) is 0 Å². The first kappa shape index (κ1) is 12.9. The zero-order chi connectivity index (χ0) is 13.9. The summed E-state index contributed by atoms with van der Waals surface area (Å²) < 4.78 is 5.59. The smallest absolute Gasteiger partial charge is 0.312 e. The molecule has 0 radical (unpaired) electrons. The molecule has 0 aliphatic heterocycles. The number of carbonyl (C=O) groups is 1. The van der Waals surface area contributed by atoms with E-state index in [2.05, 4.69) is 26.0 Å². The Labute approximate surface area is 122 Å². The van der Waals surface area contributed by atoms with Crippen molar-refractivity contribution in [2.75, 3.05) is 6.61 Å². The third kappa shape index (κ3) is 1.54. The van der Waals surface area contributed by atoms with Crippen LogP contribution in [0.5, 0.6) is 0 Å². The summed E-state index contributed by atoms with van der Waals surface area (Å²) >= 11 is 0. The first-order valence-electron chi connectivity index (χ1n) is 8.50. The first-order chi connectivity index (χ1) is 9.65. The van der Waals surface area contributed by atoms with E-state index in [1.54, 1.807) is 0 Å². The van der Waals surface area contributed by atoms with Gasteiger partial charge in [-0.15, -0.1) is 0 Å². The summed E-state index contributed by atoms with van der Waals surface area (Å²) in [6, 6.07) is 0. The Balaban J connectivity index is 1.52. The second-order valence-corrected chi connectivity index (χ2v) is 7.82. The Morgan fingerprint density at radius 1 is 1.25 bits per heavy atom. The minimum absolute atomic E-state index is 0.101. The number of unbranched alkanes of at least 4 members (excludes halogenated alkanes) is 1. The van der Waals surface area contributed by atoms with E-state index in [1.165, 1.54) is 12.8 Å². The standard InChI is InChI=1S/C18H26O2/c1-3-4-7-20-17(19)18(2)10-13-9-14(18)16-12-6-5-11(8-12)15(13)16/h5-6,11-16H,3-4,7-10H2,1-2H3. The van der Waals surface area contributed by atoms with Gasteiger partial charge in [-0.1, -0.05) is 25.5 Å². The Hall–Kier alpha value is -0.790. The number of esters is 1. The van der Waals surface area contributed by atoms with Crippen LogP contribution in [0.3, 0.4) is 0 Å². The normalized spacial score (nSPS) is 50.7. The maximum absolute atomic E-state index is 12.6. The molecule has 0 aromatic rings. The lowest BCUT2D eigenvalue weighted by molar-refractivity contribution is -0.160. The highest BCUT2D eigenvalue weighted by atomic mass is 16.5. The van der Waals surface area contributed by atoms with Gasteiger partial charge in [0, 0.05) is 0 Å². The number of hydrogen-bond donors (Lipinski definition) is 0. The van der Waals surface area contributed by atoms with Crippen LogP contribution < -0.4 is 0 Å². The van der Waals surface area contributed by atoms with Crippen molar-refractivity contribution in [3.63, 3.8) is 0 Å². The Kier molecular flexibility index (Phi) is 2.81. The van der Waals surface area contributed by atoms with Crippen molar-refractivity contribution in [3.05, 3.63) is 12.2 Å². The van der Waals surface area contributed by atoms with Crippen molar-refractivity contribution < 1.29 is 9.53 Å². The average Bonchev–Trinajstić information content (AvgIpc) is 3.16. The van der Waals surface area contributed by atoms with Crippen LogP contribution >= 0.6 is 0 Å². The third-order valence-corrected chi connectivity index (χ3v) is 6.85. The molecule has 0 amide bonds. The Morgan fingerprint density at radius 3 is 2.75 bits per heavy atom. The topological polar surface area (TPSA) is 26.3 Å². The van der Waals surface area contributed by atoms with Crippen LogP contribution in [-0.4, -0.2) is 12.6 Å². The van der Waals surface area contributed by atoms with E-state index in [9.17, 15) is 4.79 Å². The first-order valence-corrected chi connectivity index (χ1v) is 8.50. The monoisotopic (exact) mass is 274 g/mol. The molecule has 4 aliphatic carbocycles. The van der Waals surface area contributed by atoms with Crippen molar-refractivity contribution in [1.29, 1.82) is 0 Å². The summed E-state index contributed by atoms with van der Waals surface area (Å²) in [5, 5.41) is 0. The highest BCUT2D eigenvalue weighted by molar-refractivity contribution is 5.77. The zero-order valence-corrected chi connectivity index (χ0v) is 12.7. The highest BCUT2D eigenvalue weighted by Crippen LogP contribution is 2.70. The lowest BCUT2D eigenvalue weighted by Crippen LogP contribution is -2.43. The quantitative estimate of drug-likeness (QED) is 0.337. The number of rotatable bonds is 4. The molecule has 2 heteroatoms. The second-order valence-electron chi connectivity index (χ2n) is 7.82. The Bertz CT molecular complexity index is 454. The largest absolute Gasteiger partial charge is 0.465 e. The lowest BCUT2D eigenvalue weighted by atomic mass is 9.63. The van der Waals surface area contributed by atoms with Crippen molar-refractivity contribution in [2.24, 2.45) is 40.9 Å². The number of hydrogen-bond acceptors (Lipinski definition) is 2. The van der Waals surface area contributed by atoms with Crippen molar-refractivity contribution in [3.8, 4) is 0 Å². The van der Waals surface area contributed by atoms with Crippen LogP contribution in [0.1, 0.15) is 46.0 Å². The number of fused-ring (bicyclic) bond motifs is 9. The number of carbonyl (C=O) groups excluding carboxylic acids is 1. The molecule has 3 saturated carbocycles. The molecule has 0 saturated heterocycles. The molecule has 7 unspecified atom stereocenters. The molecule has 3 fully saturated rings. The van der Waals surface area contributed by atoms with Gasteiger partial charge in [-0.05, 0) is 68.1 Å². The zero-order valence-electron chi connectivity index (χ0n) is 12.7. The molecule has 0 aromatic heterocycles. The van der Waals surface area contributed by atoms with Crippen LogP contribution in [0.25, 0.3) is 0 Å². The molecule has 4 rings (SSSR count). The van der Waals surface area contributed by atoms with Crippen LogP contribution in [0.15, 0.2) is 12.2 Å². The molecular formula is C18H26O2. The summed E-state index contributed by atoms with van der Waals surface area (Å²) in [5.74, 6) is 4.76. The van der Waals surface area contributed by atoms with Crippen LogP contribution in [0, 0.1) is 40.9 Å². The third-order valence-electron chi connectivity index (χ3n) is 6.85. The van der Waals surface area contributed by atoms with E-state index in [0.29, 0.717) is 12.5 Å². The SMILES string of the molecule is CCCCOC(=O)C1(C)CC2CC1C1C3C=CC(C3)C21. The fourth-order valence-corrected chi connectivity index (χ4v) is 6.08. The Morgan fingerprint density at radius 2 is 2.00 bits per heavy atom. The molecule has 20 heavy (non-hydrogen) atoms. The molecule has 0 aromatic carbocycles. The molecule has 7 atom stereocenters. The molecule has 4 bridgehead atoms. The summed E-state index contributed by atoms with van der Waals surface area (Å²) in [6.07, 6.45) is 10.7. The maximum atomic E-state index is 12.6. The van der Waals surface area contributed by atoms with E-state index < -0.39 is 0 Å².